The molecule has 0 amide bonds. The average molecular weight is 374 g/mol. The molecule has 3 rings (SSSR count). The summed E-state index contributed by atoms with van der Waals surface area (Å²) in [7, 11) is 0. The molecule has 26 heavy (non-hydrogen) atoms. The summed E-state index contributed by atoms with van der Waals surface area (Å²) < 4.78 is 0. The van der Waals surface area contributed by atoms with Crippen molar-refractivity contribution in [3.8, 4) is 0 Å². The normalized spacial score (nSPS) is 18.3. The van der Waals surface area contributed by atoms with Crippen molar-refractivity contribution < 1.29 is 14.7 Å². The Morgan fingerprint density at radius 1 is 1.04 bits per heavy atom. The molecule has 0 radical (unpaired) electrons. The van der Waals surface area contributed by atoms with E-state index in [0.717, 1.165) is 24.5 Å². The summed E-state index contributed by atoms with van der Waals surface area (Å²) >= 11 is 1.29. The molecule has 1 N–H and O–H groups in total. The number of thioether (sulfide) groups is 1. The Bertz CT molecular complexity index is 692. The Kier molecular flexibility index (Phi) is 6.89. The van der Waals surface area contributed by atoms with Crippen LogP contribution in [-0.4, -0.2) is 27.4 Å². The van der Waals surface area contributed by atoms with Gasteiger partial charge in [-0.3, -0.25) is 14.6 Å². The van der Waals surface area contributed by atoms with Gasteiger partial charge in [0, 0.05) is 6.20 Å². The number of aromatic nitrogens is 1. The molecule has 4 nitrogen and oxygen atoms in total. The number of carbonyl (C=O) groups excluding carboxylic acids is 2. The predicted octanol–water partition coefficient (Wildman–Crippen LogP) is 5.34. The highest BCUT2D eigenvalue weighted by atomic mass is 32.2. The van der Waals surface area contributed by atoms with Gasteiger partial charge in [-0.15, -0.1) is 11.8 Å². The Morgan fingerprint density at radius 3 is 2.62 bits per heavy atom. The molecule has 1 heterocycles. The standard InChI is InChI=1S/C21H27NO3S/c23-18-16-12-8-13-22-17(16)19(24)21(20(18)25)26-14-7-2-1-4-9-15-10-5-3-6-11-15/h8,12-13,15,24H,1-7,9-11,14H2. The Balaban J connectivity index is 1.41. The number of hydrogen-bond donors (Lipinski definition) is 1. The highest BCUT2D eigenvalue weighted by molar-refractivity contribution is 8.04. The molecule has 2 aliphatic carbocycles. The number of aliphatic hydroxyl groups is 1. The number of fused-ring (bicyclic) bond motifs is 1. The molecule has 0 aromatic carbocycles. The number of ketones is 2. The van der Waals surface area contributed by atoms with Gasteiger partial charge in [0.2, 0.25) is 11.6 Å². The first-order valence-electron chi connectivity index (χ1n) is 9.79. The summed E-state index contributed by atoms with van der Waals surface area (Å²) in [5, 5.41) is 10.3. The fourth-order valence-electron chi connectivity index (χ4n) is 3.89. The number of carbonyl (C=O) groups is 2. The van der Waals surface area contributed by atoms with Crippen LogP contribution in [0.2, 0.25) is 0 Å². The molecule has 1 saturated carbocycles. The van der Waals surface area contributed by atoms with Gasteiger partial charge in [-0.2, -0.15) is 0 Å². The van der Waals surface area contributed by atoms with E-state index < -0.39 is 11.6 Å². The number of allylic oxidation sites excluding steroid dienone is 1. The lowest BCUT2D eigenvalue weighted by Gasteiger charge is -2.21. The summed E-state index contributed by atoms with van der Waals surface area (Å²) in [6, 6.07) is 3.13. The average Bonchev–Trinajstić information content (AvgIpc) is 2.68. The number of aliphatic hydroxyl groups excluding tert-OH is 1. The van der Waals surface area contributed by atoms with Crippen molar-refractivity contribution in [2.45, 2.75) is 64.2 Å². The number of hydrogen-bond acceptors (Lipinski definition) is 5. The second-order valence-electron chi connectivity index (χ2n) is 7.29. The molecule has 1 aromatic rings. The van der Waals surface area contributed by atoms with Crippen molar-refractivity contribution in [1.29, 1.82) is 0 Å². The van der Waals surface area contributed by atoms with Crippen molar-refractivity contribution in [2.24, 2.45) is 5.92 Å². The lowest BCUT2D eigenvalue weighted by Crippen LogP contribution is -2.23. The molecular weight excluding hydrogens is 346 g/mol. The van der Waals surface area contributed by atoms with E-state index in [2.05, 4.69) is 4.98 Å². The molecule has 2 aliphatic rings. The highest BCUT2D eigenvalue weighted by Crippen LogP contribution is 2.33. The van der Waals surface area contributed by atoms with Gasteiger partial charge in [-0.25, -0.2) is 0 Å². The van der Waals surface area contributed by atoms with Crippen LogP contribution >= 0.6 is 11.8 Å². The van der Waals surface area contributed by atoms with Gasteiger partial charge >= 0.3 is 0 Å². The first-order chi connectivity index (χ1) is 12.7. The minimum absolute atomic E-state index is 0.146. The zero-order chi connectivity index (χ0) is 18.4. The molecular formula is C21H27NO3S. The zero-order valence-corrected chi connectivity index (χ0v) is 16.0. The topological polar surface area (TPSA) is 67.3 Å². The Hall–Kier alpha value is -1.62. The van der Waals surface area contributed by atoms with Crippen LogP contribution in [-0.2, 0) is 4.79 Å². The monoisotopic (exact) mass is 373 g/mol. The molecule has 1 aromatic heterocycles. The third kappa shape index (κ3) is 4.56. The maximum Gasteiger partial charge on any atom is 0.243 e. The number of Topliss-reactive ketones (excluding diaryl/α,β-unsaturated/α-hetero) is 2. The van der Waals surface area contributed by atoms with Crippen molar-refractivity contribution in [1.82, 2.24) is 4.98 Å². The lowest BCUT2D eigenvalue weighted by atomic mass is 9.85. The van der Waals surface area contributed by atoms with E-state index in [1.54, 1.807) is 6.07 Å². The smallest absolute Gasteiger partial charge is 0.243 e. The minimum Gasteiger partial charge on any atom is -0.504 e. The SMILES string of the molecule is O=C1C(=O)c2cccnc2C(O)=C1SCCCCCCC1CCCCC1. The second kappa shape index (κ2) is 9.36. The first kappa shape index (κ1) is 19.2. The van der Waals surface area contributed by atoms with Crippen LogP contribution in [0, 0.1) is 5.92 Å². The lowest BCUT2D eigenvalue weighted by molar-refractivity contribution is -0.111. The van der Waals surface area contributed by atoms with Gasteiger partial charge in [-0.1, -0.05) is 57.8 Å². The van der Waals surface area contributed by atoms with Crippen LogP contribution in [0.3, 0.4) is 0 Å². The number of rotatable bonds is 8. The molecule has 0 bridgehead atoms. The summed E-state index contributed by atoms with van der Waals surface area (Å²) in [4.78, 5) is 28.6. The number of nitrogens with zero attached hydrogens (tertiary/aromatic N) is 1. The maximum atomic E-state index is 12.2. The molecule has 0 atom stereocenters. The van der Waals surface area contributed by atoms with Crippen molar-refractivity contribution in [3.05, 3.63) is 34.5 Å². The number of unbranched alkanes of at least 4 members (excludes halogenated alkanes) is 3. The van der Waals surface area contributed by atoms with E-state index in [9.17, 15) is 14.7 Å². The van der Waals surface area contributed by atoms with Crippen LogP contribution in [0.5, 0.6) is 0 Å². The third-order valence-electron chi connectivity index (χ3n) is 5.38. The van der Waals surface area contributed by atoms with Crippen LogP contribution < -0.4 is 0 Å². The Labute approximate surface area is 159 Å². The molecule has 5 heteroatoms. The highest BCUT2D eigenvalue weighted by Gasteiger charge is 2.33. The van der Waals surface area contributed by atoms with Crippen LogP contribution in [0.25, 0.3) is 5.76 Å². The van der Waals surface area contributed by atoms with E-state index in [-0.39, 0.29) is 21.9 Å². The van der Waals surface area contributed by atoms with Gasteiger partial charge in [0.1, 0.15) is 10.6 Å². The van der Waals surface area contributed by atoms with E-state index >= 15 is 0 Å². The summed E-state index contributed by atoms with van der Waals surface area (Å²) in [5.41, 5.74) is 0.425. The zero-order valence-electron chi connectivity index (χ0n) is 15.2. The van der Waals surface area contributed by atoms with E-state index in [4.69, 9.17) is 0 Å². The van der Waals surface area contributed by atoms with Gasteiger partial charge in [0.25, 0.3) is 0 Å². The second-order valence-corrected chi connectivity index (χ2v) is 8.40. The molecule has 0 unspecified atom stereocenters. The summed E-state index contributed by atoms with van der Waals surface area (Å²) in [6.07, 6.45) is 14.6. The number of pyridine rings is 1. The van der Waals surface area contributed by atoms with Crippen LogP contribution in [0.4, 0.5) is 0 Å². The largest absolute Gasteiger partial charge is 0.504 e. The Morgan fingerprint density at radius 2 is 1.81 bits per heavy atom. The third-order valence-corrected chi connectivity index (χ3v) is 6.54. The molecule has 0 saturated heterocycles. The quantitative estimate of drug-likeness (QED) is 0.492. The molecule has 140 valence electrons. The summed E-state index contributed by atoms with van der Waals surface area (Å²) in [6.45, 7) is 0. The minimum atomic E-state index is -0.606. The predicted molar refractivity (Wildman–Crippen MR) is 105 cm³/mol. The molecule has 0 aliphatic heterocycles. The van der Waals surface area contributed by atoms with Gasteiger partial charge < -0.3 is 5.11 Å². The summed E-state index contributed by atoms with van der Waals surface area (Å²) in [5.74, 6) is 0.363. The molecule has 1 fully saturated rings. The fraction of sp³-hybridized carbons (Fsp3) is 0.571. The van der Waals surface area contributed by atoms with Crippen LogP contribution in [0.15, 0.2) is 23.2 Å². The van der Waals surface area contributed by atoms with Gasteiger partial charge in [0.15, 0.2) is 5.76 Å². The van der Waals surface area contributed by atoms with Crippen LogP contribution in [0.1, 0.15) is 80.3 Å². The van der Waals surface area contributed by atoms with Crippen molar-refractivity contribution in [2.75, 3.05) is 5.75 Å². The van der Waals surface area contributed by atoms with E-state index in [0.29, 0.717) is 0 Å². The van der Waals surface area contributed by atoms with E-state index in [1.807, 2.05) is 0 Å². The van der Waals surface area contributed by atoms with Gasteiger partial charge in [0.05, 0.1) is 5.56 Å². The van der Waals surface area contributed by atoms with Gasteiger partial charge in [-0.05, 0) is 30.2 Å². The first-order valence-corrected chi connectivity index (χ1v) is 10.8. The maximum absolute atomic E-state index is 12.2. The van der Waals surface area contributed by atoms with E-state index in [1.165, 1.54) is 75.4 Å². The molecule has 0 spiro atoms. The fourth-order valence-corrected chi connectivity index (χ4v) is 4.90. The van der Waals surface area contributed by atoms with Crippen molar-refractivity contribution >= 4 is 29.1 Å². The van der Waals surface area contributed by atoms with Crippen molar-refractivity contribution in [3.63, 3.8) is 0 Å².